The van der Waals surface area contributed by atoms with Gasteiger partial charge in [0.25, 0.3) is 0 Å². The van der Waals surface area contributed by atoms with Crippen LogP contribution in [0.5, 0.6) is 0 Å². The summed E-state index contributed by atoms with van der Waals surface area (Å²) < 4.78 is 23.8. The van der Waals surface area contributed by atoms with Crippen molar-refractivity contribution in [3.05, 3.63) is 0 Å². The molecule has 4 aliphatic carbocycles. The van der Waals surface area contributed by atoms with Crippen LogP contribution in [0.3, 0.4) is 0 Å². The third kappa shape index (κ3) is 8.98. The lowest BCUT2D eigenvalue weighted by atomic mass is 9.43. The first kappa shape index (κ1) is 39.5. The van der Waals surface area contributed by atoms with Gasteiger partial charge in [0.15, 0.2) is 0 Å². The molecule has 280 valence electrons. The van der Waals surface area contributed by atoms with Crippen LogP contribution in [-0.2, 0) is 38.1 Å². The van der Waals surface area contributed by atoms with Gasteiger partial charge in [0.1, 0.15) is 18.3 Å². The van der Waals surface area contributed by atoms with E-state index in [4.69, 9.17) is 36.1 Å². The van der Waals surface area contributed by atoms with Gasteiger partial charge in [0, 0.05) is 17.8 Å². The molecule has 0 amide bonds. The molecular formula is C38H65N3O8. The largest absolute Gasteiger partial charge is 0.466 e. The van der Waals surface area contributed by atoms with Crippen LogP contribution in [0.1, 0.15) is 124 Å². The highest BCUT2D eigenvalue weighted by Crippen LogP contribution is 2.69. The molecule has 6 N–H and O–H groups in total. The highest BCUT2D eigenvalue weighted by atomic mass is 16.6. The molecule has 4 saturated carbocycles. The second-order valence-corrected chi connectivity index (χ2v) is 16.0. The molecule has 4 aliphatic rings. The van der Waals surface area contributed by atoms with Crippen molar-refractivity contribution in [2.45, 2.75) is 142 Å². The molecule has 0 aliphatic heterocycles. The summed E-state index contributed by atoms with van der Waals surface area (Å²) in [6.07, 6.45) is 12.4. The molecule has 0 spiro atoms. The van der Waals surface area contributed by atoms with E-state index in [-0.39, 0.29) is 84.8 Å². The zero-order valence-corrected chi connectivity index (χ0v) is 30.6. The van der Waals surface area contributed by atoms with Crippen LogP contribution in [0.15, 0.2) is 0 Å². The molecule has 0 saturated heterocycles. The first-order chi connectivity index (χ1) is 23.4. The number of hydrogen-bond donors (Lipinski definition) is 3. The number of fused-ring (bicyclic) bond motifs is 5. The monoisotopic (exact) mass is 691 g/mol. The van der Waals surface area contributed by atoms with E-state index >= 15 is 0 Å². The fourth-order valence-electron chi connectivity index (χ4n) is 10.8. The fraction of sp³-hybridized carbons (Fsp3) is 0.895. The molecule has 4 unspecified atom stereocenters. The first-order valence-electron chi connectivity index (χ1n) is 19.3. The Morgan fingerprint density at radius 1 is 0.755 bits per heavy atom. The number of rotatable bonds is 17. The highest BCUT2D eigenvalue weighted by molar-refractivity contribution is 5.72. The van der Waals surface area contributed by atoms with Gasteiger partial charge in [0.2, 0.25) is 0 Å². The van der Waals surface area contributed by atoms with Crippen LogP contribution in [0.25, 0.3) is 0 Å². The van der Waals surface area contributed by atoms with Gasteiger partial charge in [-0.1, -0.05) is 59.8 Å². The van der Waals surface area contributed by atoms with E-state index in [9.17, 15) is 19.2 Å². The van der Waals surface area contributed by atoms with Crippen LogP contribution >= 0.6 is 0 Å². The van der Waals surface area contributed by atoms with Crippen molar-refractivity contribution < 1.29 is 38.1 Å². The Balaban J connectivity index is 1.53. The van der Waals surface area contributed by atoms with Gasteiger partial charge in [-0.05, 0) is 92.8 Å². The Hall–Kier alpha value is -2.24. The lowest BCUT2D eigenvalue weighted by Crippen LogP contribution is -2.63. The van der Waals surface area contributed by atoms with Gasteiger partial charge in [-0.25, -0.2) is 0 Å². The summed E-state index contributed by atoms with van der Waals surface area (Å²) in [7, 11) is 0. The summed E-state index contributed by atoms with van der Waals surface area (Å²) in [4.78, 5) is 50.5. The molecule has 11 nitrogen and oxygen atoms in total. The summed E-state index contributed by atoms with van der Waals surface area (Å²) >= 11 is 0. The van der Waals surface area contributed by atoms with Crippen LogP contribution in [0.4, 0.5) is 0 Å². The molecule has 0 heterocycles. The van der Waals surface area contributed by atoms with Crippen molar-refractivity contribution in [3.63, 3.8) is 0 Å². The lowest BCUT2D eigenvalue weighted by Gasteiger charge is -2.64. The van der Waals surface area contributed by atoms with Gasteiger partial charge >= 0.3 is 23.9 Å². The van der Waals surface area contributed by atoms with E-state index in [0.717, 1.165) is 38.5 Å². The molecule has 0 radical (unpaired) electrons. The maximum atomic E-state index is 12.9. The number of carbonyl (C=O) groups is 4. The second-order valence-electron chi connectivity index (χ2n) is 16.0. The number of carbonyl (C=O) groups excluding carboxylic acids is 4. The summed E-state index contributed by atoms with van der Waals surface area (Å²) in [6.45, 7) is 8.92. The Labute approximate surface area is 293 Å². The van der Waals surface area contributed by atoms with Gasteiger partial charge in [-0.15, -0.1) is 0 Å². The highest BCUT2D eigenvalue weighted by Gasteiger charge is 2.67. The minimum Gasteiger partial charge on any atom is -0.466 e. The van der Waals surface area contributed by atoms with E-state index in [1.54, 1.807) is 0 Å². The Morgan fingerprint density at radius 2 is 1.41 bits per heavy atom. The number of esters is 4. The third-order valence-corrected chi connectivity index (χ3v) is 13.4. The quantitative estimate of drug-likeness (QED) is 0.108. The normalized spacial score (nSPS) is 35.7. The Bertz CT molecular complexity index is 1140. The molecule has 49 heavy (non-hydrogen) atoms. The number of unbranched alkanes of at least 4 members (excludes halogenated alkanes) is 5. The maximum absolute atomic E-state index is 12.9. The maximum Gasteiger partial charge on any atom is 0.319 e. The Morgan fingerprint density at radius 3 is 2.10 bits per heavy atom. The SMILES string of the molecule is CCCCCCCCOC(=O)CC[C@@H](C)C1CC[C@H]2C3C(OC(=O)CN)CC4C[C@H](OC(=O)CN)CC[C@]4(C)[C@H]3C[C@H](OC(=O)CN)[C@]12C. The van der Waals surface area contributed by atoms with Crippen molar-refractivity contribution in [1.29, 1.82) is 0 Å². The second kappa shape index (κ2) is 17.8. The molecule has 11 heteroatoms. The van der Waals surface area contributed by atoms with Crippen molar-refractivity contribution in [3.8, 4) is 0 Å². The molecule has 0 bridgehead atoms. The minimum atomic E-state index is -0.421. The van der Waals surface area contributed by atoms with Gasteiger partial charge in [-0.2, -0.15) is 0 Å². The lowest BCUT2D eigenvalue weighted by molar-refractivity contribution is -0.225. The standard InChI is InChI=1S/C38H65N3O8/c1-5-6-7-8-9-10-17-46-32(42)14-11-24(2)27-12-13-28-36-29(20-31(38(27,28)4)49-35(45)23-41)37(3)16-15-26(47-33(43)21-39)18-25(37)19-30(36)48-34(44)22-40/h24-31,36H,5-23,39-41H2,1-4H3/t24-,25?,26-,27?,28+,29+,30?,31+,36?,37+,38-/m1/s1. The van der Waals surface area contributed by atoms with E-state index in [1.165, 1.54) is 25.7 Å². The van der Waals surface area contributed by atoms with Gasteiger partial charge in [-0.3, -0.25) is 19.2 Å². The molecule has 4 rings (SSSR count). The minimum absolute atomic E-state index is 0.0669. The molecule has 0 aromatic carbocycles. The molecule has 0 aromatic rings. The summed E-state index contributed by atoms with van der Waals surface area (Å²) in [5.41, 5.74) is 16.6. The summed E-state index contributed by atoms with van der Waals surface area (Å²) in [5.74, 6) is -0.547. The van der Waals surface area contributed by atoms with Crippen molar-refractivity contribution in [2.24, 2.45) is 63.5 Å². The number of hydrogen-bond acceptors (Lipinski definition) is 11. The molecule has 11 atom stereocenters. The average molecular weight is 692 g/mol. The number of nitrogens with two attached hydrogens (primary N) is 3. The zero-order chi connectivity index (χ0) is 35.8. The van der Waals surface area contributed by atoms with Crippen LogP contribution in [0.2, 0.25) is 0 Å². The average Bonchev–Trinajstić information content (AvgIpc) is 3.45. The smallest absolute Gasteiger partial charge is 0.319 e. The molecule has 0 aromatic heterocycles. The van der Waals surface area contributed by atoms with E-state index in [1.807, 2.05) is 0 Å². The van der Waals surface area contributed by atoms with Crippen molar-refractivity contribution >= 4 is 23.9 Å². The fourth-order valence-corrected chi connectivity index (χ4v) is 10.8. The summed E-state index contributed by atoms with van der Waals surface area (Å²) in [6, 6.07) is 0. The number of ether oxygens (including phenoxy) is 4. The van der Waals surface area contributed by atoms with E-state index in [0.29, 0.717) is 38.7 Å². The summed E-state index contributed by atoms with van der Waals surface area (Å²) in [5, 5.41) is 0. The molecular weight excluding hydrogens is 626 g/mol. The van der Waals surface area contributed by atoms with E-state index in [2.05, 4.69) is 27.7 Å². The topological polar surface area (TPSA) is 183 Å². The van der Waals surface area contributed by atoms with Crippen LogP contribution in [-0.4, -0.2) is 68.4 Å². The Kier molecular flexibility index (Phi) is 14.4. The van der Waals surface area contributed by atoms with Crippen molar-refractivity contribution in [2.75, 3.05) is 26.2 Å². The van der Waals surface area contributed by atoms with Gasteiger partial charge < -0.3 is 36.1 Å². The zero-order valence-electron chi connectivity index (χ0n) is 30.6. The predicted molar refractivity (Wildman–Crippen MR) is 186 cm³/mol. The van der Waals surface area contributed by atoms with E-state index < -0.39 is 23.3 Å². The first-order valence-corrected chi connectivity index (χ1v) is 19.3. The van der Waals surface area contributed by atoms with Crippen molar-refractivity contribution in [1.82, 2.24) is 0 Å². The third-order valence-electron chi connectivity index (χ3n) is 13.4. The van der Waals surface area contributed by atoms with Crippen LogP contribution < -0.4 is 17.2 Å². The van der Waals surface area contributed by atoms with Gasteiger partial charge in [0.05, 0.1) is 26.2 Å². The van der Waals surface area contributed by atoms with Crippen LogP contribution in [0, 0.1) is 46.3 Å². The molecule has 4 fully saturated rings. The predicted octanol–water partition coefficient (Wildman–Crippen LogP) is 4.80.